The molecule has 18 heavy (non-hydrogen) atoms. The number of hydrogen-bond acceptors (Lipinski definition) is 1. The van der Waals surface area contributed by atoms with Gasteiger partial charge in [-0.2, -0.15) is 0 Å². The lowest BCUT2D eigenvalue weighted by Gasteiger charge is -2.08. The van der Waals surface area contributed by atoms with Gasteiger partial charge in [-0.05, 0) is 41.8 Å². The Balaban J connectivity index is 2.63. The van der Waals surface area contributed by atoms with Gasteiger partial charge in [0.15, 0.2) is 0 Å². The van der Waals surface area contributed by atoms with Crippen molar-refractivity contribution in [1.82, 2.24) is 0 Å². The summed E-state index contributed by atoms with van der Waals surface area (Å²) in [5.41, 5.74) is 1.74. The minimum atomic E-state index is -1.03. The van der Waals surface area contributed by atoms with E-state index in [9.17, 15) is 9.18 Å². The van der Waals surface area contributed by atoms with Gasteiger partial charge >= 0.3 is 5.97 Å². The van der Waals surface area contributed by atoms with Gasteiger partial charge in [-0.15, -0.1) is 0 Å². The van der Waals surface area contributed by atoms with E-state index in [0.29, 0.717) is 21.2 Å². The number of aryl methyl sites for hydroxylation is 1. The SMILES string of the molecule is Cc1ccc(-c2ccc(Br)cc2C(=O)O)cc1F. The Labute approximate surface area is 112 Å². The van der Waals surface area contributed by atoms with E-state index in [-0.39, 0.29) is 11.4 Å². The van der Waals surface area contributed by atoms with Gasteiger partial charge in [0.1, 0.15) is 5.82 Å². The van der Waals surface area contributed by atoms with Crippen LogP contribution in [0, 0.1) is 12.7 Å². The molecule has 0 saturated carbocycles. The first-order valence-electron chi connectivity index (χ1n) is 5.28. The molecular formula is C14H10BrFO2. The van der Waals surface area contributed by atoms with Crippen molar-refractivity contribution in [2.75, 3.05) is 0 Å². The number of hydrogen-bond donors (Lipinski definition) is 1. The third kappa shape index (κ3) is 2.43. The monoisotopic (exact) mass is 308 g/mol. The predicted molar refractivity (Wildman–Crippen MR) is 71.2 cm³/mol. The molecule has 0 aromatic heterocycles. The summed E-state index contributed by atoms with van der Waals surface area (Å²) < 4.78 is 14.2. The summed E-state index contributed by atoms with van der Waals surface area (Å²) in [6, 6.07) is 9.62. The van der Waals surface area contributed by atoms with E-state index in [1.165, 1.54) is 12.1 Å². The molecule has 0 unspecified atom stereocenters. The summed E-state index contributed by atoms with van der Waals surface area (Å²) in [6.07, 6.45) is 0. The van der Waals surface area contributed by atoms with Gasteiger partial charge < -0.3 is 5.11 Å². The molecule has 0 spiro atoms. The number of carbonyl (C=O) groups is 1. The van der Waals surface area contributed by atoms with Gasteiger partial charge in [-0.3, -0.25) is 0 Å². The van der Waals surface area contributed by atoms with Crippen molar-refractivity contribution in [2.45, 2.75) is 6.92 Å². The first-order valence-corrected chi connectivity index (χ1v) is 6.07. The van der Waals surface area contributed by atoms with E-state index < -0.39 is 5.97 Å². The summed E-state index contributed by atoms with van der Waals surface area (Å²) in [7, 11) is 0. The molecule has 0 aliphatic rings. The van der Waals surface area contributed by atoms with Crippen molar-refractivity contribution in [1.29, 1.82) is 0 Å². The Morgan fingerprint density at radius 3 is 2.56 bits per heavy atom. The second-order valence-corrected chi connectivity index (χ2v) is 4.87. The zero-order chi connectivity index (χ0) is 13.3. The van der Waals surface area contributed by atoms with E-state index in [2.05, 4.69) is 15.9 Å². The molecule has 1 N–H and O–H groups in total. The summed E-state index contributed by atoms with van der Waals surface area (Å²) >= 11 is 3.23. The van der Waals surface area contributed by atoms with Crippen LogP contribution in [0.25, 0.3) is 11.1 Å². The fourth-order valence-corrected chi connectivity index (χ4v) is 2.07. The molecule has 2 rings (SSSR count). The Bertz CT molecular complexity index is 623. The summed E-state index contributed by atoms with van der Waals surface area (Å²) in [5.74, 6) is -1.38. The molecule has 0 aliphatic heterocycles. The molecule has 2 aromatic rings. The molecule has 92 valence electrons. The summed E-state index contributed by atoms with van der Waals surface area (Å²) in [6.45, 7) is 1.67. The maximum Gasteiger partial charge on any atom is 0.336 e. The molecule has 0 bridgehead atoms. The van der Waals surface area contributed by atoms with Crippen LogP contribution >= 0.6 is 15.9 Å². The van der Waals surface area contributed by atoms with Crippen LogP contribution in [-0.4, -0.2) is 11.1 Å². The quantitative estimate of drug-likeness (QED) is 0.900. The van der Waals surface area contributed by atoms with E-state index in [1.54, 1.807) is 31.2 Å². The third-order valence-corrected chi connectivity index (χ3v) is 3.19. The maximum atomic E-state index is 13.5. The molecule has 2 aromatic carbocycles. The van der Waals surface area contributed by atoms with Crippen LogP contribution in [-0.2, 0) is 0 Å². The highest BCUT2D eigenvalue weighted by atomic mass is 79.9. The van der Waals surface area contributed by atoms with Crippen molar-refractivity contribution in [3.63, 3.8) is 0 Å². The molecule has 0 saturated heterocycles. The van der Waals surface area contributed by atoms with Gasteiger partial charge in [0.25, 0.3) is 0 Å². The van der Waals surface area contributed by atoms with E-state index in [4.69, 9.17) is 5.11 Å². The number of halogens is 2. The molecule has 0 aliphatic carbocycles. The average molecular weight is 309 g/mol. The van der Waals surface area contributed by atoms with Gasteiger partial charge in [-0.1, -0.05) is 34.1 Å². The Hall–Kier alpha value is -1.68. The van der Waals surface area contributed by atoms with Crippen molar-refractivity contribution in [3.05, 3.63) is 57.8 Å². The first-order chi connectivity index (χ1) is 8.49. The molecule has 0 heterocycles. The number of carboxylic acid groups (broad SMARTS) is 1. The van der Waals surface area contributed by atoms with E-state index >= 15 is 0 Å². The second-order valence-electron chi connectivity index (χ2n) is 3.96. The highest BCUT2D eigenvalue weighted by Crippen LogP contribution is 2.28. The molecule has 0 amide bonds. The molecule has 2 nitrogen and oxygen atoms in total. The number of benzene rings is 2. The van der Waals surface area contributed by atoms with Crippen molar-refractivity contribution in [3.8, 4) is 11.1 Å². The van der Waals surface area contributed by atoms with Gasteiger partial charge in [0.05, 0.1) is 5.56 Å². The Morgan fingerprint density at radius 2 is 1.94 bits per heavy atom. The van der Waals surface area contributed by atoms with Crippen molar-refractivity contribution in [2.24, 2.45) is 0 Å². The maximum absolute atomic E-state index is 13.5. The zero-order valence-electron chi connectivity index (χ0n) is 9.58. The molecular weight excluding hydrogens is 299 g/mol. The normalized spacial score (nSPS) is 10.4. The van der Waals surface area contributed by atoms with E-state index in [1.807, 2.05) is 0 Å². The second kappa shape index (κ2) is 4.90. The minimum Gasteiger partial charge on any atom is -0.478 e. The van der Waals surface area contributed by atoms with Crippen LogP contribution < -0.4 is 0 Å². The molecule has 0 fully saturated rings. The van der Waals surface area contributed by atoms with Gasteiger partial charge in [-0.25, -0.2) is 9.18 Å². The lowest BCUT2D eigenvalue weighted by Crippen LogP contribution is -2.00. The van der Waals surface area contributed by atoms with Crippen molar-refractivity contribution < 1.29 is 14.3 Å². The third-order valence-electron chi connectivity index (χ3n) is 2.69. The number of carboxylic acids is 1. The van der Waals surface area contributed by atoms with Crippen LogP contribution in [0.3, 0.4) is 0 Å². The highest BCUT2D eigenvalue weighted by molar-refractivity contribution is 9.10. The smallest absolute Gasteiger partial charge is 0.336 e. The predicted octanol–water partition coefficient (Wildman–Crippen LogP) is 4.26. The van der Waals surface area contributed by atoms with Crippen LogP contribution in [0.1, 0.15) is 15.9 Å². The van der Waals surface area contributed by atoms with Crippen molar-refractivity contribution >= 4 is 21.9 Å². The largest absolute Gasteiger partial charge is 0.478 e. The summed E-state index contributed by atoms with van der Waals surface area (Å²) in [4.78, 5) is 11.2. The fourth-order valence-electron chi connectivity index (χ4n) is 1.71. The first kappa shape index (κ1) is 12.8. The minimum absolute atomic E-state index is 0.146. The van der Waals surface area contributed by atoms with E-state index in [0.717, 1.165) is 0 Å². The van der Waals surface area contributed by atoms with Crippen LogP contribution in [0.15, 0.2) is 40.9 Å². The Morgan fingerprint density at radius 1 is 1.22 bits per heavy atom. The van der Waals surface area contributed by atoms with Crippen LogP contribution in [0.4, 0.5) is 4.39 Å². The van der Waals surface area contributed by atoms with Gasteiger partial charge in [0.2, 0.25) is 0 Å². The lowest BCUT2D eigenvalue weighted by molar-refractivity contribution is 0.0697. The molecule has 4 heteroatoms. The van der Waals surface area contributed by atoms with Gasteiger partial charge in [0, 0.05) is 4.47 Å². The topological polar surface area (TPSA) is 37.3 Å². The summed E-state index contributed by atoms with van der Waals surface area (Å²) in [5, 5.41) is 9.16. The standard InChI is InChI=1S/C14H10BrFO2/c1-8-2-3-9(6-13(8)16)11-5-4-10(15)7-12(11)14(17)18/h2-7H,1H3,(H,17,18). The zero-order valence-corrected chi connectivity index (χ0v) is 11.2. The van der Waals surface area contributed by atoms with Crippen LogP contribution in [0.2, 0.25) is 0 Å². The highest BCUT2D eigenvalue weighted by Gasteiger charge is 2.13. The lowest BCUT2D eigenvalue weighted by atomic mass is 9.99. The average Bonchev–Trinajstić information content (AvgIpc) is 2.32. The number of aromatic carboxylic acids is 1. The molecule has 0 radical (unpaired) electrons. The number of rotatable bonds is 2. The Kier molecular flexibility index (Phi) is 3.48. The molecule has 0 atom stereocenters. The van der Waals surface area contributed by atoms with Crippen LogP contribution in [0.5, 0.6) is 0 Å². The fraction of sp³-hybridized carbons (Fsp3) is 0.0714.